The first-order valence-corrected chi connectivity index (χ1v) is 5.84. The molecule has 16 heavy (non-hydrogen) atoms. The molecular weight excluding hydrogens is 270 g/mol. The Morgan fingerprint density at radius 2 is 2.31 bits per heavy atom. The molecule has 0 heterocycles. The van der Waals surface area contributed by atoms with Crippen molar-refractivity contribution in [1.82, 2.24) is 0 Å². The van der Waals surface area contributed by atoms with Crippen LogP contribution in [-0.2, 0) is 4.74 Å². The second-order valence-electron chi connectivity index (χ2n) is 3.03. The molecule has 0 aliphatic heterocycles. The van der Waals surface area contributed by atoms with Gasteiger partial charge in [-0.1, -0.05) is 27.8 Å². The van der Waals surface area contributed by atoms with Crippen LogP contribution < -0.4 is 5.73 Å². The first kappa shape index (κ1) is 12.6. The summed E-state index contributed by atoms with van der Waals surface area (Å²) in [5.74, 6) is 5.51. The molecule has 4 heteroatoms. The minimum Gasteiger partial charge on any atom is -0.465 e. The third-order valence-corrected chi connectivity index (χ3v) is 2.31. The van der Waals surface area contributed by atoms with Crippen molar-refractivity contribution in [3.8, 4) is 11.8 Å². The number of anilines is 1. The van der Waals surface area contributed by atoms with Crippen LogP contribution in [-0.4, -0.2) is 18.4 Å². The number of alkyl halides is 1. The van der Waals surface area contributed by atoms with E-state index in [0.29, 0.717) is 11.3 Å². The molecule has 1 aromatic carbocycles. The lowest BCUT2D eigenvalue weighted by molar-refractivity contribution is 0.0601. The minimum atomic E-state index is -0.397. The molecule has 0 unspecified atom stereocenters. The first-order valence-electron chi connectivity index (χ1n) is 4.71. The van der Waals surface area contributed by atoms with Crippen molar-refractivity contribution < 1.29 is 9.53 Å². The normalized spacial score (nSPS) is 9.12. The Bertz CT molecular complexity index is 446. The molecule has 1 aromatic rings. The Balaban J connectivity index is 2.93. The Labute approximate surface area is 103 Å². The van der Waals surface area contributed by atoms with Crippen LogP contribution >= 0.6 is 15.9 Å². The number of nitrogen functional groups attached to an aromatic ring is 1. The van der Waals surface area contributed by atoms with Gasteiger partial charge in [-0.15, -0.1) is 0 Å². The molecule has 0 aromatic heterocycles. The highest BCUT2D eigenvalue weighted by molar-refractivity contribution is 9.09. The van der Waals surface area contributed by atoms with Gasteiger partial charge in [-0.2, -0.15) is 0 Å². The van der Waals surface area contributed by atoms with E-state index in [1.807, 2.05) is 0 Å². The number of halogens is 1. The largest absolute Gasteiger partial charge is 0.465 e. The topological polar surface area (TPSA) is 52.3 Å². The van der Waals surface area contributed by atoms with Crippen LogP contribution in [0, 0.1) is 11.8 Å². The fourth-order valence-corrected chi connectivity index (χ4v) is 1.32. The van der Waals surface area contributed by atoms with Crippen molar-refractivity contribution in [3.05, 3.63) is 29.3 Å². The minimum absolute atomic E-state index is 0.397. The zero-order valence-corrected chi connectivity index (χ0v) is 10.5. The molecule has 0 saturated heterocycles. The summed E-state index contributed by atoms with van der Waals surface area (Å²) < 4.78 is 4.59. The van der Waals surface area contributed by atoms with Crippen LogP contribution in [0.2, 0.25) is 0 Å². The zero-order valence-electron chi connectivity index (χ0n) is 8.92. The third kappa shape index (κ3) is 3.28. The summed E-state index contributed by atoms with van der Waals surface area (Å²) in [5, 5.41) is 0.833. The van der Waals surface area contributed by atoms with E-state index < -0.39 is 5.97 Å². The number of hydrogen-bond donors (Lipinski definition) is 1. The van der Waals surface area contributed by atoms with Gasteiger partial charge in [0.05, 0.1) is 12.7 Å². The van der Waals surface area contributed by atoms with E-state index in [0.717, 1.165) is 17.3 Å². The fraction of sp³-hybridized carbons (Fsp3) is 0.250. The monoisotopic (exact) mass is 281 g/mol. The molecule has 0 radical (unpaired) electrons. The van der Waals surface area contributed by atoms with Crippen LogP contribution in [0.1, 0.15) is 22.3 Å². The molecular formula is C12H12BrNO2. The molecule has 1 rings (SSSR count). The summed E-state index contributed by atoms with van der Waals surface area (Å²) in [5.41, 5.74) is 7.43. The van der Waals surface area contributed by atoms with E-state index in [2.05, 4.69) is 32.5 Å². The predicted molar refractivity (Wildman–Crippen MR) is 67.5 cm³/mol. The van der Waals surface area contributed by atoms with Gasteiger partial charge < -0.3 is 10.5 Å². The lowest BCUT2D eigenvalue weighted by atomic mass is 10.1. The van der Waals surface area contributed by atoms with Crippen LogP contribution in [0.5, 0.6) is 0 Å². The van der Waals surface area contributed by atoms with E-state index >= 15 is 0 Å². The molecule has 0 aliphatic carbocycles. The first-order chi connectivity index (χ1) is 7.69. The van der Waals surface area contributed by atoms with Crippen LogP contribution in [0.4, 0.5) is 5.69 Å². The highest BCUT2D eigenvalue weighted by Crippen LogP contribution is 2.14. The Morgan fingerprint density at radius 3 is 2.88 bits per heavy atom. The Morgan fingerprint density at radius 1 is 1.56 bits per heavy atom. The molecule has 0 aliphatic rings. The maximum Gasteiger partial charge on any atom is 0.337 e. The highest BCUT2D eigenvalue weighted by atomic mass is 79.9. The van der Waals surface area contributed by atoms with E-state index in [1.165, 1.54) is 7.11 Å². The molecule has 3 nitrogen and oxygen atoms in total. The van der Waals surface area contributed by atoms with Crippen molar-refractivity contribution in [3.63, 3.8) is 0 Å². The molecule has 0 saturated carbocycles. The number of carbonyl (C=O) groups excluding carboxylic acids is 1. The summed E-state index contributed by atoms with van der Waals surface area (Å²) in [4.78, 5) is 11.2. The summed E-state index contributed by atoms with van der Waals surface area (Å²) in [6.07, 6.45) is 0.762. The van der Waals surface area contributed by atoms with Gasteiger partial charge in [-0.05, 0) is 18.2 Å². The van der Waals surface area contributed by atoms with Gasteiger partial charge in [-0.3, -0.25) is 0 Å². The molecule has 84 valence electrons. The van der Waals surface area contributed by atoms with Crippen molar-refractivity contribution in [2.24, 2.45) is 0 Å². The summed E-state index contributed by atoms with van der Waals surface area (Å²) in [6.45, 7) is 0. The molecule has 0 bridgehead atoms. The van der Waals surface area contributed by atoms with Crippen molar-refractivity contribution in [2.45, 2.75) is 6.42 Å². The smallest absolute Gasteiger partial charge is 0.337 e. The molecule has 0 amide bonds. The van der Waals surface area contributed by atoms with Crippen molar-refractivity contribution in [2.75, 3.05) is 18.2 Å². The highest BCUT2D eigenvalue weighted by Gasteiger charge is 2.06. The van der Waals surface area contributed by atoms with Crippen LogP contribution in [0.25, 0.3) is 0 Å². The van der Waals surface area contributed by atoms with Gasteiger partial charge in [0, 0.05) is 23.0 Å². The predicted octanol–water partition coefficient (Wildman–Crippen LogP) is 2.19. The van der Waals surface area contributed by atoms with E-state index in [9.17, 15) is 4.79 Å². The van der Waals surface area contributed by atoms with Crippen molar-refractivity contribution in [1.29, 1.82) is 0 Å². The number of hydrogen-bond acceptors (Lipinski definition) is 3. The zero-order chi connectivity index (χ0) is 12.0. The number of esters is 1. The summed E-state index contributed by atoms with van der Waals surface area (Å²) in [6, 6.07) is 4.95. The number of nitrogens with two attached hydrogens (primary N) is 1. The third-order valence-electron chi connectivity index (χ3n) is 1.92. The van der Waals surface area contributed by atoms with Gasteiger partial charge in [0.25, 0.3) is 0 Å². The average molecular weight is 282 g/mol. The lowest BCUT2D eigenvalue weighted by Gasteiger charge is -2.02. The van der Waals surface area contributed by atoms with E-state index in [-0.39, 0.29) is 0 Å². The van der Waals surface area contributed by atoms with Gasteiger partial charge in [0.2, 0.25) is 0 Å². The molecule has 2 N–H and O–H groups in total. The second-order valence-corrected chi connectivity index (χ2v) is 3.83. The quantitative estimate of drug-likeness (QED) is 0.391. The maximum absolute atomic E-state index is 11.2. The number of benzene rings is 1. The van der Waals surface area contributed by atoms with E-state index in [1.54, 1.807) is 18.2 Å². The second kappa shape index (κ2) is 6.19. The van der Waals surface area contributed by atoms with Gasteiger partial charge in [-0.25, -0.2) is 4.79 Å². The van der Waals surface area contributed by atoms with Crippen molar-refractivity contribution >= 4 is 27.6 Å². The summed E-state index contributed by atoms with van der Waals surface area (Å²) >= 11 is 3.29. The molecule has 0 atom stereocenters. The fourth-order valence-electron chi connectivity index (χ4n) is 1.13. The number of ether oxygens (including phenoxy) is 1. The van der Waals surface area contributed by atoms with E-state index in [4.69, 9.17) is 5.73 Å². The number of carbonyl (C=O) groups is 1. The summed E-state index contributed by atoms with van der Waals surface area (Å²) in [7, 11) is 1.34. The molecule has 0 spiro atoms. The van der Waals surface area contributed by atoms with Gasteiger partial charge in [0.1, 0.15) is 0 Å². The SMILES string of the molecule is COC(=O)c1ccc(C#CCCBr)c(N)c1. The lowest BCUT2D eigenvalue weighted by Crippen LogP contribution is -2.02. The molecule has 0 fully saturated rings. The van der Waals surface area contributed by atoms with Crippen LogP contribution in [0.15, 0.2) is 18.2 Å². The maximum atomic E-state index is 11.2. The Kier molecular flexibility index (Phi) is 4.87. The van der Waals surface area contributed by atoms with Gasteiger partial charge >= 0.3 is 5.97 Å². The number of rotatable bonds is 2. The van der Waals surface area contributed by atoms with Gasteiger partial charge in [0.15, 0.2) is 0 Å². The number of methoxy groups -OCH3 is 1. The Hall–Kier alpha value is -1.47. The average Bonchev–Trinajstić information content (AvgIpc) is 2.30. The standard InChI is InChI=1S/C12H12BrNO2/c1-16-12(15)10-6-5-9(11(14)8-10)4-2-3-7-13/h5-6,8H,3,7,14H2,1H3. The van der Waals surface area contributed by atoms with Crippen LogP contribution in [0.3, 0.4) is 0 Å².